The molecular weight excluding hydrogens is 160 g/mol. The smallest absolute Gasteiger partial charge is 0.375 e. The summed E-state index contributed by atoms with van der Waals surface area (Å²) in [7, 11) is 3.06. The third kappa shape index (κ3) is 1.82. The molecule has 12 heavy (non-hydrogen) atoms. The van der Waals surface area contributed by atoms with Crippen molar-refractivity contribution in [2.45, 2.75) is 6.54 Å². The van der Waals surface area contributed by atoms with E-state index in [4.69, 9.17) is 4.42 Å². The molecule has 0 radical (unpaired) electrons. The highest BCUT2D eigenvalue weighted by molar-refractivity contribution is 5.85. The van der Waals surface area contributed by atoms with Gasteiger partial charge in [0.05, 0.1) is 19.9 Å². The van der Waals surface area contributed by atoms with E-state index >= 15 is 0 Å². The Balaban J connectivity index is 2.70. The van der Waals surface area contributed by atoms with E-state index in [1.54, 1.807) is 7.05 Å². The molecule has 0 fully saturated rings. The number of oxazole rings is 1. The summed E-state index contributed by atoms with van der Waals surface area (Å²) >= 11 is 0. The average molecular weight is 170 g/mol. The Morgan fingerprint density at radius 2 is 2.58 bits per heavy atom. The highest BCUT2D eigenvalue weighted by Gasteiger charge is 2.11. The first-order valence-electron chi connectivity index (χ1n) is 3.45. The Bertz CT molecular complexity index is 269. The number of hydrogen-bond donors (Lipinski definition) is 1. The summed E-state index contributed by atoms with van der Waals surface area (Å²) in [6, 6.07) is 0. The lowest BCUT2D eigenvalue weighted by atomic mass is 10.5. The van der Waals surface area contributed by atoms with Crippen molar-refractivity contribution >= 4 is 5.97 Å². The summed E-state index contributed by atoms with van der Waals surface area (Å²) < 4.78 is 9.46. The fourth-order valence-electron chi connectivity index (χ4n) is 0.738. The minimum atomic E-state index is -0.509. The van der Waals surface area contributed by atoms with Crippen LogP contribution < -0.4 is 5.32 Å². The van der Waals surface area contributed by atoms with Gasteiger partial charge in [-0.05, 0) is 7.05 Å². The molecule has 1 aromatic rings. The third-order valence-corrected chi connectivity index (χ3v) is 1.27. The van der Waals surface area contributed by atoms with Crippen molar-refractivity contribution in [3.05, 3.63) is 17.8 Å². The maximum Gasteiger partial charge on any atom is 0.375 e. The number of hydrogen-bond acceptors (Lipinski definition) is 5. The Hall–Kier alpha value is -1.36. The number of methoxy groups -OCH3 is 1. The molecule has 0 amide bonds. The number of nitrogens with one attached hydrogen (secondary N) is 1. The maximum absolute atomic E-state index is 10.9. The molecule has 66 valence electrons. The predicted molar refractivity (Wildman–Crippen MR) is 40.6 cm³/mol. The number of nitrogens with zero attached hydrogens (tertiary/aromatic N) is 1. The van der Waals surface area contributed by atoms with Crippen LogP contribution in [0.25, 0.3) is 0 Å². The second-order valence-corrected chi connectivity index (χ2v) is 2.14. The highest BCUT2D eigenvalue weighted by atomic mass is 16.5. The molecular formula is C7H10N2O3. The molecule has 0 aromatic carbocycles. The summed E-state index contributed by atoms with van der Waals surface area (Å²) in [5.41, 5.74) is 0. The molecule has 0 aliphatic rings. The number of carbonyl (C=O) groups excluding carboxylic acids is 1. The quantitative estimate of drug-likeness (QED) is 0.655. The van der Waals surface area contributed by atoms with Crippen LogP contribution in [0.1, 0.15) is 16.4 Å². The van der Waals surface area contributed by atoms with Gasteiger partial charge in [-0.2, -0.15) is 0 Å². The summed E-state index contributed by atoms with van der Waals surface area (Å²) in [4.78, 5) is 14.7. The van der Waals surface area contributed by atoms with Gasteiger partial charge < -0.3 is 14.5 Å². The number of ether oxygens (including phenoxy) is 1. The summed E-state index contributed by atoms with van der Waals surface area (Å²) in [5.74, 6) is 0.0884. The summed E-state index contributed by atoms with van der Waals surface area (Å²) in [6.45, 7) is 0.497. The van der Waals surface area contributed by atoms with Crippen molar-refractivity contribution in [3.8, 4) is 0 Å². The molecule has 1 heterocycles. The van der Waals surface area contributed by atoms with Crippen molar-refractivity contribution in [1.82, 2.24) is 10.3 Å². The van der Waals surface area contributed by atoms with E-state index in [1.807, 2.05) is 0 Å². The highest BCUT2D eigenvalue weighted by Crippen LogP contribution is 2.04. The second-order valence-electron chi connectivity index (χ2n) is 2.14. The number of esters is 1. The van der Waals surface area contributed by atoms with E-state index in [2.05, 4.69) is 15.0 Å². The van der Waals surface area contributed by atoms with Crippen LogP contribution in [-0.4, -0.2) is 25.1 Å². The first-order valence-corrected chi connectivity index (χ1v) is 3.45. The minimum Gasteiger partial charge on any atom is -0.463 e. The van der Waals surface area contributed by atoms with Gasteiger partial charge in [-0.15, -0.1) is 0 Å². The van der Waals surface area contributed by atoms with Crippen LogP contribution in [0.2, 0.25) is 0 Å². The summed E-state index contributed by atoms with van der Waals surface area (Å²) in [5, 5.41) is 2.85. The molecule has 5 nitrogen and oxygen atoms in total. The zero-order chi connectivity index (χ0) is 8.97. The van der Waals surface area contributed by atoms with Crippen LogP contribution in [-0.2, 0) is 11.3 Å². The van der Waals surface area contributed by atoms with Gasteiger partial charge in [0.1, 0.15) is 0 Å². The maximum atomic E-state index is 10.9. The fraction of sp³-hybridized carbons (Fsp3) is 0.429. The lowest BCUT2D eigenvalue weighted by Crippen LogP contribution is -2.05. The number of rotatable bonds is 3. The number of carbonyl (C=O) groups is 1. The molecule has 0 aliphatic heterocycles. The van der Waals surface area contributed by atoms with E-state index < -0.39 is 5.97 Å². The van der Waals surface area contributed by atoms with Crippen molar-refractivity contribution in [1.29, 1.82) is 0 Å². The Morgan fingerprint density at radius 1 is 1.83 bits per heavy atom. The Labute approximate surface area is 69.7 Å². The molecule has 0 saturated carbocycles. The molecule has 0 aliphatic carbocycles. The minimum absolute atomic E-state index is 0.128. The van der Waals surface area contributed by atoms with Crippen molar-refractivity contribution < 1.29 is 13.9 Å². The van der Waals surface area contributed by atoms with E-state index in [-0.39, 0.29) is 5.76 Å². The fourth-order valence-corrected chi connectivity index (χ4v) is 0.738. The van der Waals surface area contributed by atoms with E-state index in [1.165, 1.54) is 13.3 Å². The van der Waals surface area contributed by atoms with Gasteiger partial charge in [-0.25, -0.2) is 9.78 Å². The normalized spacial score (nSPS) is 9.83. The van der Waals surface area contributed by atoms with Crippen molar-refractivity contribution in [3.63, 3.8) is 0 Å². The topological polar surface area (TPSA) is 64.4 Å². The van der Waals surface area contributed by atoms with Gasteiger partial charge in [0, 0.05) is 0 Å². The van der Waals surface area contributed by atoms with Gasteiger partial charge in [-0.3, -0.25) is 0 Å². The van der Waals surface area contributed by atoms with Gasteiger partial charge in [0.2, 0.25) is 11.7 Å². The number of aromatic nitrogens is 1. The first kappa shape index (κ1) is 8.73. The first-order chi connectivity index (χ1) is 5.77. The molecule has 1 rings (SSSR count). The van der Waals surface area contributed by atoms with Crippen LogP contribution in [0.3, 0.4) is 0 Å². The molecule has 0 atom stereocenters. The lowest BCUT2D eigenvalue weighted by molar-refractivity contribution is 0.0563. The SMILES string of the molecule is CNCc1ncc(C(=O)OC)o1. The molecule has 0 bridgehead atoms. The van der Waals surface area contributed by atoms with Crippen LogP contribution in [0, 0.1) is 0 Å². The van der Waals surface area contributed by atoms with Crippen LogP contribution in [0.5, 0.6) is 0 Å². The molecule has 1 aromatic heterocycles. The Morgan fingerprint density at radius 3 is 3.17 bits per heavy atom. The Kier molecular flexibility index (Phi) is 2.82. The zero-order valence-corrected chi connectivity index (χ0v) is 6.96. The molecule has 1 N–H and O–H groups in total. The van der Waals surface area contributed by atoms with Gasteiger partial charge in [0.25, 0.3) is 0 Å². The van der Waals surface area contributed by atoms with Gasteiger partial charge in [-0.1, -0.05) is 0 Å². The van der Waals surface area contributed by atoms with Gasteiger partial charge >= 0.3 is 5.97 Å². The molecule has 0 saturated heterocycles. The molecule has 0 unspecified atom stereocenters. The van der Waals surface area contributed by atoms with Crippen LogP contribution >= 0.6 is 0 Å². The van der Waals surface area contributed by atoms with E-state index in [0.29, 0.717) is 12.4 Å². The molecule has 5 heteroatoms. The largest absolute Gasteiger partial charge is 0.463 e. The lowest BCUT2D eigenvalue weighted by Gasteiger charge is -1.92. The zero-order valence-electron chi connectivity index (χ0n) is 6.96. The monoisotopic (exact) mass is 170 g/mol. The van der Waals surface area contributed by atoms with Crippen LogP contribution in [0.4, 0.5) is 0 Å². The molecule has 0 spiro atoms. The van der Waals surface area contributed by atoms with E-state index in [0.717, 1.165) is 0 Å². The second kappa shape index (κ2) is 3.87. The van der Waals surface area contributed by atoms with Crippen molar-refractivity contribution in [2.24, 2.45) is 0 Å². The predicted octanol–water partition coefficient (Wildman–Crippen LogP) is 0.181. The van der Waals surface area contributed by atoms with Gasteiger partial charge in [0.15, 0.2) is 0 Å². The standard InChI is InChI=1S/C7H10N2O3/c1-8-4-6-9-3-5(12-6)7(10)11-2/h3,8H,4H2,1-2H3. The van der Waals surface area contributed by atoms with E-state index in [9.17, 15) is 4.79 Å². The third-order valence-electron chi connectivity index (χ3n) is 1.27. The van der Waals surface area contributed by atoms with Crippen molar-refractivity contribution in [2.75, 3.05) is 14.2 Å². The summed E-state index contributed by atoms with van der Waals surface area (Å²) in [6.07, 6.45) is 1.35. The average Bonchev–Trinajstić information content (AvgIpc) is 2.52. The van der Waals surface area contributed by atoms with Crippen LogP contribution in [0.15, 0.2) is 10.6 Å².